The van der Waals surface area contributed by atoms with Crippen LogP contribution >= 0.6 is 0 Å². The van der Waals surface area contributed by atoms with Crippen LogP contribution in [0.5, 0.6) is 0 Å². The maximum Gasteiger partial charge on any atom is 0.303 e. The smallest absolute Gasteiger partial charge is 0.303 e. The lowest BCUT2D eigenvalue weighted by Crippen LogP contribution is -1.97. The van der Waals surface area contributed by atoms with Crippen molar-refractivity contribution in [2.24, 2.45) is 0 Å². The molecule has 0 amide bonds. The van der Waals surface area contributed by atoms with Gasteiger partial charge >= 0.3 is 11.9 Å². The van der Waals surface area contributed by atoms with Crippen molar-refractivity contribution < 1.29 is 19.8 Å². The van der Waals surface area contributed by atoms with Crippen molar-refractivity contribution in [3.63, 3.8) is 0 Å². The second-order valence-corrected chi connectivity index (χ2v) is 9.93. The van der Waals surface area contributed by atoms with Crippen LogP contribution in [0.25, 0.3) is 56.5 Å². The molecular formula is C32H30N4O4. The quantitative estimate of drug-likeness (QED) is 0.242. The van der Waals surface area contributed by atoms with Gasteiger partial charge in [-0.1, -0.05) is 25.3 Å². The maximum atomic E-state index is 11.5. The summed E-state index contributed by atoms with van der Waals surface area (Å²) < 4.78 is 0. The van der Waals surface area contributed by atoms with Crippen molar-refractivity contribution in [2.75, 3.05) is 0 Å². The predicted octanol–water partition coefficient (Wildman–Crippen LogP) is 7.19. The van der Waals surface area contributed by atoms with Gasteiger partial charge in [0.2, 0.25) is 0 Å². The zero-order valence-electron chi connectivity index (χ0n) is 22.5. The number of nitrogens with one attached hydrogen (secondary N) is 2. The molecule has 2 aliphatic rings. The van der Waals surface area contributed by atoms with E-state index in [0.29, 0.717) is 29.9 Å². The summed E-state index contributed by atoms with van der Waals surface area (Å²) in [5.41, 5.74) is 11.4. The number of carbonyl (C=O) groups is 2. The molecule has 0 unspecified atom stereocenters. The maximum absolute atomic E-state index is 11.5. The highest BCUT2D eigenvalue weighted by Gasteiger charge is 2.22. The second kappa shape index (κ2) is 10.6. The van der Waals surface area contributed by atoms with Gasteiger partial charge in [-0.2, -0.15) is 0 Å². The zero-order chi connectivity index (χ0) is 28.6. The molecule has 40 heavy (non-hydrogen) atoms. The second-order valence-electron chi connectivity index (χ2n) is 9.93. The molecule has 0 radical (unpaired) electrons. The van der Waals surface area contributed by atoms with Gasteiger partial charge in [0.15, 0.2) is 0 Å². The van der Waals surface area contributed by atoms with E-state index in [9.17, 15) is 19.8 Å². The fraction of sp³-hybridized carbons (Fsp3) is 0.188. The van der Waals surface area contributed by atoms with Crippen LogP contribution in [0.4, 0.5) is 0 Å². The first-order valence-corrected chi connectivity index (χ1v) is 13.0. The predicted molar refractivity (Wildman–Crippen MR) is 160 cm³/mol. The van der Waals surface area contributed by atoms with Crippen LogP contribution in [-0.4, -0.2) is 42.1 Å². The minimum Gasteiger partial charge on any atom is -0.481 e. The summed E-state index contributed by atoms with van der Waals surface area (Å²) in [6.07, 6.45) is 4.12. The number of allylic oxidation sites excluding steroid dienone is 4. The largest absolute Gasteiger partial charge is 0.481 e. The third-order valence-corrected chi connectivity index (χ3v) is 7.34. The fourth-order valence-corrected chi connectivity index (χ4v) is 5.19. The van der Waals surface area contributed by atoms with Gasteiger partial charge in [-0.05, 0) is 96.5 Å². The van der Waals surface area contributed by atoms with Gasteiger partial charge in [0.25, 0.3) is 0 Å². The van der Waals surface area contributed by atoms with E-state index in [1.807, 2.05) is 50.2 Å². The summed E-state index contributed by atoms with van der Waals surface area (Å²) in [4.78, 5) is 39.6. The van der Waals surface area contributed by atoms with Crippen molar-refractivity contribution in [3.8, 4) is 0 Å². The zero-order valence-corrected chi connectivity index (χ0v) is 22.5. The van der Waals surface area contributed by atoms with E-state index in [2.05, 4.69) is 23.1 Å². The highest BCUT2D eigenvalue weighted by Crippen LogP contribution is 2.37. The highest BCUT2D eigenvalue weighted by atomic mass is 16.4. The van der Waals surface area contributed by atoms with Crippen LogP contribution in [0.1, 0.15) is 73.4 Å². The Balaban J connectivity index is 1.88. The summed E-state index contributed by atoms with van der Waals surface area (Å²) in [6, 6.07) is 11.7. The Labute approximate surface area is 231 Å². The topological polar surface area (TPSA) is 132 Å². The monoisotopic (exact) mass is 534 g/mol. The van der Waals surface area contributed by atoms with Gasteiger partial charge in [0, 0.05) is 34.9 Å². The Hall–Kier alpha value is -4.98. The number of rotatable bonds is 8. The fourth-order valence-electron chi connectivity index (χ4n) is 5.19. The van der Waals surface area contributed by atoms with Crippen LogP contribution in [0.15, 0.2) is 49.6 Å². The van der Waals surface area contributed by atoms with Gasteiger partial charge in [-0.3, -0.25) is 9.59 Å². The lowest BCUT2D eigenvalue weighted by atomic mass is 9.98. The molecule has 4 N–H and O–H groups in total. The number of hydrogen-bond donors (Lipinski definition) is 4. The van der Waals surface area contributed by atoms with Crippen molar-refractivity contribution in [2.45, 2.75) is 39.5 Å². The summed E-state index contributed by atoms with van der Waals surface area (Å²) in [5, 5.41) is 18.8. The third-order valence-electron chi connectivity index (χ3n) is 7.34. The molecule has 2 aliphatic heterocycles. The molecule has 5 heterocycles. The first kappa shape index (κ1) is 26.6. The van der Waals surface area contributed by atoms with Crippen molar-refractivity contribution in [1.82, 2.24) is 19.9 Å². The lowest BCUT2D eigenvalue weighted by molar-refractivity contribution is -0.137. The summed E-state index contributed by atoms with van der Waals surface area (Å²) in [5.74, 6) is -1.78. The van der Waals surface area contributed by atoms with Crippen molar-refractivity contribution >= 4 is 68.4 Å². The van der Waals surface area contributed by atoms with Crippen LogP contribution in [0.2, 0.25) is 0 Å². The lowest BCUT2D eigenvalue weighted by Gasteiger charge is -2.05. The molecule has 202 valence electrons. The molecule has 8 nitrogen and oxygen atoms in total. The molecule has 0 atom stereocenters. The van der Waals surface area contributed by atoms with Crippen LogP contribution in [0.3, 0.4) is 0 Å². The third kappa shape index (κ3) is 5.16. The normalized spacial score (nSPS) is 13.1. The van der Waals surface area contributed by atoms with Gasteiger partial charge in [-0.15, -0.1) is 0 Å². The average molecular weight is 535 g/mol. The van der Waals surface area contributed by atoms with E-state index in [4.69, 9.17) is 9.97 Å². The number of fused-ring (bicyclic) bond motifs is 8. The van der Waals surface area contributed by atoms with E-state index >= 15 is 0 Å². The molecule has 8 heteroatoms. The number of carboxylic acids is 2. The highest BCUT2D eigenvalue weighted by molar-refractivity contribution is 5.96. The van der Waals surface area contributed by atoms with E-state index < -0.39 is 11.9 Å². The minimum atomic E-state index is -0.890. The van der Waals surface area contributed by atoms with Crippen molar-refractivity contribution in [3.05, 3.63) is 83.5 Å². The molecule has 0 fully saturated rings. The molecule has 3 aromatic heterocycles. The molecule has 0 saturated carbocycles. The molecule has 0 aliphatic carbocycles. The van der Waals surface area contributed by atoms with E-state index in [0.717, 1.165) is 61.2 Å². The molecule has 3 aromatic rings. The number of H-pyrrole nitrogens is 2. The number of nitrogens with zero attached hydrogens (tertiary/aromatic N) is 2. The number of aromatic nitrogens is 4. The average Bonchev–Trinajstić information content (AvgIpc) is 3.63. The number of hydrogen-bond acceptors (Lipinski definition) is 4. The SMILES string of the molecule is C=Cc1cc2cc3[nH]c(cc4nc(cc5nc(cc1[nH]2)C(C)=C5CCC(=O)O)C(CCC(=O)O)=C4C)cc3C=C. The number of carboxylic acid groups (broad SMARTS) is 2. The first-order valence-electron chi connectivity index (χ1n) is 13.0. The van der Waals surface area contributed by atoms with E-state index in [1.54, 1.807) is 12.2 Å². The number of aromatic amines is 2. The van der Waals surface area contributed by atoms with Crippen LogP contribution in [0, 0.1) is 0 Å². The van der Waals surface area contributed by atoms with Gasteiger partial charge in [0.1, 0.15) is 0 Å². The van der Waals surface area contributed by atoms with Gasteiger partial charge in [0.05, 0.1) is 22.8 Å². The molecule has 5 rings (SSSR count). The Morgan fingerprint density at radius 2 is 1.15 bits per heavy atom. The number of aliphatic carboxylic acids is 2. The molecule has 0 spiro atoms. The molecule has 0 saturated heterocycles. The summed E-state index contributed by atoms with van der Waals surface area (Å²) >= 11 is 0. The Kier molecular flexibility index (Phi) is 7.09. The van der Waals surface area contributed by atoms with Gasteiger partial charge < -0.3 is 20.2 Å². The van der Waals surface area contributed by atoms with Gasteiger partial charge in [-0.25, -0.2) is 9.97 Å². The molecular weight excluding hydrogens is 504 g/mol. The van der Waals surface area contributed by atoms with Crippen LogP contribution < -0.4 is 0 Å². The van der Waals surface area contributed by atoms with Crippen molar-refractivity contribution in [1.29, 1.82) is 0 Å². The Bertz CT molecular complexity index is 1820. The van der Waals surface area contributed by atoms with E-state index in [1.165, 1.54) is 0 Å². The first-order chi connectivity index (χ1) is 19.2. The molecule has 8 bridgehead atoms. The summed E-state index contributed by atoms with van der Waals surface area (Å²) in [7, 11) is 0. The Morgan fingerprint density at radius 3 is 1.62 bits per heavy atom. The minimum absolute atomic E-state index is 0.0351. The van der Waals surface area contributed by atoms with E-state index in [-0.39, 0.29) is 12.8 Å². The van der Waals surface area contributed by atoms with Crippen LogP contribution in [-0.2, 0) is 9.59 Å². The summed E-state index contributed by atoms with van der Waals surface area (Å²) in [6.45, 7) is 11.8. The molecule has 0 aromatic carbocycles. The standard InChI is InChI=1S/C32H30N4O4/c1-5-19-11-21-13-25-17(3)23(7-9-31(37)38)29(35-25)16-30-24(8-10-32(39)40)18(4)26(36-30)15-28-20(6-2)12-22(34-28)14-27(19)33-21/h5-6,11-16,33-34H,1-2,7-10H2,3-4H3,(H,37,38)(H,39,40). The Morgan fingerprint density at radius 1 is 0.700 bits per heavy atom.